The second kappa shape index (κ2) is 14.5. The molecule has 2 aromatic carbocycles. The number of ether oxygens (including phenoxy) is 3. The van der Waals surface area contributed by atoms with Gasteiger partial charge in [-0.15, -0.1) is 0 Å². The number of fused-ring (bicyclic) bond motifs is 1. The van der Waals surface area contributed by atoms with Crippen LogP contribution in [0.3, 0.4) is 0 Å². The molecule has 1 heterocycles. The van der Waals surface area contributed by atoms with Crippen LogP contribution in [0.25, 0.3) is 0 Å². The Morgan fingerprint density at radius 1 is 1.09 bits per heavy atom. The van der Waals surface area contributed by atoms with Crippen molar-refractivity contribution in [3.8, 4) is 11.5 Å². The number of benzene rings is 2. The van der Waals surface area contributed by atoms with E-state index in [0.717, 1.165) is 11.1 Å². The van der Waals surface area contributed by atoms with Crippen molar-refractivity contribution >= 4 is 23.7 Å². The number of primary amides is 1. The molecule has 2 aromatic rings. The zero-order valence-corrected chi connectivity index (χ0v) is 25.4. The average Bonchev–Trinajstić information content (AvgIpc) is 3.30. The molecule has 1 unspecified atom stereocenters. The molecule has 0 aromatic heterocycles. The van der Waals surface area contributed by atoms with Crippen molar-refractivity contribution in [1.82, 2.24) is 4.90 Å². The van der Waals surface area contributed by atoms with Gasteiger partial charge in [-0.3, -0.25) is 9.59 Å². The summed E-state index contributed by atoms with van der Waals surface area (Å²) in [5, 5.41) is 8.98. The van der Waals surface area contributed by atoms with Crippen LogP contribution in [0.1, 0.15) is 62.0 Å². The molecule has 1 atom stereocenters. The SMILES string of the molecule is CC(Cc1cc2c(c(C(N)=O)c1)N(CCCC(=O)O)CC2)N(CCOc1ccccc1OCC(F)(F)F)C(=O)OC(C)(C)C. The summed E-state index contributed by atoms with van der Waals surface area (Å²) in [5.41, 5.74) is 7.70. The first kappa shape index (κ1) is 34.3. The van der Waals surface area contributed by atoms with Gasteiger partial charge in [0.2, 0.25) is 0 Å². The Hall–Kier alpha value is -4.16. The first-order chi connectivity index (χ1) is 20.5. The molecule has 1 aliphatic heterocycles. The lowest BCUT2D eigenvalue weighted by Gasteiger charge is -2.32. The Balaban J connectivity index is 1.77. The second-order valence-corrected chi connectivity index (χ2v) is 11.7. The van der Waals surface area contributed by atoms with Crippen LogP contribution in [-0.4, -0.2) is 78.6 Å². The number of carboxylic acid groups (broad SMARTS) is 1. The summed E-state index contributed by atoms with van der Waals surface area (Å²) in [6, 6.07) is 9.21. The summed E-state index contributed by atoms with van der Waals surface area (Å²) in [5.74, 6) is -1.46. The maximum Gasteiger partial charge on any atom is 0.422 e. The van der Waals surface area contributed by atoms with Gasteiger partial charge in [-0.1, -0.05) is 18.2 Å². The molecule has 0 spiro atoms. The van der Waals surface area contributed by atoms with Gasteiger partial charge in [0.1, 0.15) is 12.2 Å². The molecular weight excluding hydrogens is 583 g/mol. The monoisotopic (exact) mass is 623 g/mol. The van der Waals surface area contributed by atoms with E-state index in [0.29, 0.717) is 43.6 Å². The minimum atomic E-state index is -4.51. The molecule has 2 amide bonds. The van der Waals surface area contributed by atoms with E-state index in [4.69, 9.17) is 25.1 Å². The van der Waals surface area contributed by atoms with Gasteiger partial charge >= 0.3 is 18.2 Å². The highest BCUT2D eigenvalue weighted by atomic mass is 19.4. The number of carbonyl (C=O) groups excluding carboxylic acids is 2. The highest BCUT2D eigenvalue weighted by Gasteiger charge is 2.30. The fourth-order valence-electron chi connectivity index (χ4n) is 5.01. The van der Waals surface area contributed by atoms with E-state index in [1.165, 1.54) is 23.1 Å². The van der Waals surface area contributed by atoms with Gasteiger partial charge in [0.05, 0.1) is 17.8 Å². The maximum atomic E-state index is 13.2. The van der Waals surface area contributed by atoms with Crippen molar-refractivity contribution in [2.75, 3.05) is 37.7 Å². The summed E-state index contributed by atoms with van der Waals surface area (Å²) in [6.07, 6.45) is -3.67. The number of anilines is 1. The minimum Gasteiger partial charge on any atom is -0.488 e. The van der Waals surface area contributed by atoms with E-state index in [-0.39, 0.29) is 31.1 Å². The summed E-state index contributed by atoms with van der Waals surface area (Å²) in [4.78, 5) is 40.1. The first-order valence-electron chi connectivity index (χ1n) is 14.4. The van der Waals surface area contributed by atoms with E-state index in [1.807, 2.05) is 17.9 Å². The van der Waals surface area contributed by atoms with Gasteiger partial charge in [-0.25, -0.2) is 4.79 Å². The maximum absolute atomic E-state index is 13.2. The number of carbonyl (C=O) groups is 3. The smallest absolute Gasteiger partial charge is 0.422 e. The fourth-order valence-corrected chi connectivity index (χ4v) is 5.01. The number of para-hydroxylation sites is 2. The van der Waals surface area contributed by atoms with Crippen LogP contribution >= 0.6 is 0 Å². The van der Waals surface area contributed by atoms with Gasteiger partial charge in [0.25, 0.3) is 5.91 Å². The number of alkyl halides is 3. The minimum absolute atomic E-state index is 0.0176. The molecule has 242 valence electrons. The van der Waals surface area contributed by atoms with Crippen LogP contribution in [0, 0.1) is 0 Å². The molecule has 13 heteroatoms. The van der Waals surface area contributed by atoms with Crippen LogP contribution < -0.4 is 20.1 Å². The number of carboxylic acids is 1. The van der Waals surface area contributed by atoms with E-state index in [9.17, 15) is 27.6 Å². The molecule has 3 rings (SSSR count). The number of amides is 2. The highest BCUT2D eigenvalue weighted by Crippen LogP contribution is 2.34. The summed E-state index contributed by atoms with van der Waals surface area (Å²) >= 11 is 0. The molecule has 10 nitrogen and oxygen atoms in total. The molecule has 0 saturated carbocycles. The Labute approximate surface area is 254 Å². The highest BCUT2D eigenvalue weighted by molar-refractivity contribution is 6.00. The van der Waals surface area contributed by atoms with E-state index < -0.39 is 42.4 Å². The molecule has 3 N–H and O–H groups in total. The lowest BCUT2D eigenvalue weighted by atomic mass is 9.97. The quantitative estimate of drug-likeness (QED) is 0.294. The number of nitrogens with two attached hydrogens (primary N) is 1. The normalized spacial score (nSPS) is 13.7. The zero-order valence-electron chi connectivity index (χ0n) is 25.4. The average molecular weight is 624 g/mol. The number of hydrogen-bond donors (Lipinski definition) is 2. The lowest BCUT2D eigenvalue weighted by molar-refractivity contribution is -0.153. The second-order valence-electron chi connectivity index (χ2n) is 11.7. The standard InChI is InChI=1S/C31H40F3N3O7/c1-20(16-21-17-22-11-13-36(12-7-10-26(38)39)27(22)23(18-21)28(35)40)37(29(41)44-30(2,3)4)14-15-42-24-8-5-6-9-25(24)43-19-31(32,33)34/h5-6,8-9,17-18,20H,7,10-16,19H2,1-4H3,(H2,35,40)(H,38,39). The van der Waals surface area contributed by atoms with Gasteiger partial charge in [0.15, 0.2) is 18.1 Å². The molecule has 44 heavy (non-hydrogen) atoms. The number of nitrogens with zero attached hydrogens (tertiary/aromatic N) is 2. The third-order valence-corrected chi connectivity index (χ3v) is 6.82. The van der Waals surface area contributed by atoms with Gasteiger partial charge < -0.3 is 34.9 Å². The van der Waals surface area contributed by atoms with Crippen LogP contribution in [0.2, 0.25) is 0 Å². The van der Waals surface area contributed by atoms with Crippen molar-refractivity contribution in [2.45, 2.75) is 71.2 Å². The zero-order chi connectivity index (χ0) is 32.7. The fraction of sp³-hybridized carbons (Fsp3) is 0.516. The molecule has 0 fully saturated rings. The van der Waals surface area contributed by atoms with Crippen molar-refractivity contribution in [1.29, 1.82) is 0 Å². The number of rotatable bonds is 14. The Bertz CT molecular complexity index is 1330. The third kappa shape index (κ3) is 10.2. The molecular formula is C31H40F3N3O7. The van der Waals surface area contributed by atoms with Gasteiger partial charge in [-0.05, 0) is 76.3 Å². The van der Waals surface area contributed by atoms with E-state index >= 15 is 0 Å². The van der Waals surface area contributed by atoms with Crippen molar-refractivity contribution < 1.29 is 46.9 Å². The van der Waals surface area contributed by atoms with Crippen molar-refractivity contribution in [3.63, 3.8) is 0 Å². The molecule has 0 saturated heterocycles. The summed E-state index contributed by atoms with van der Waals surface area (Å²) < 4.78 is 54.3. The summed E-state index contributed by atoms with van der Waals surface area (Å²) in [7, 11) is 0. The predicted octanol–water partition coefficient (Wildman–Crippen LogP) is 5.20. The topological polar surface area (TPSA) is 132 Å². The largest absolute Gasteiger partial charge is 0.488 e. The van der Waals surface area contributed by atoms with Crippen LogP contribution in [-0.2, 0) is 22.4 Å². The van der Waals surface area contributed by atoms with Gasteiger partial charge in [0, 0.05) is 25.6 Å². The number of hydrogen-bond acceptors (Lipinski definition) is 7. The Morgan fingerprint density at radius 2 is 1.75 bits per heavy atom. The number of halogens is 3. The molecule has 0 bridgehead atoms. The van der Waals surface area contributed by atoms with E-state index in [1.54, 1.807) is 32.9 Å². The summed E-state index contributed by atoms with van der Waals surface area (Å²) in [6.45, 7) is 6.66. The van der Waals surface area contributed by atoms with E-state index in [2.05, 4.69) is 0 Å². The van der Waals surface area contributed by atoms with Crippen LogP contribution in [0.4, 0.5) is 23.7 Å². The van der Waals surface area contributed by atoms with Crippen LogP contribution in [0.5, 0.6) is 11.5 Å². The van der Waals surface area contributed by atoms with Crippen molar-refractivity contribution in [3.05, 3.63) is 53.1 Å². The predicted molar refractivity (Wildman–Crippen MR) is 157 cm³/mol. The third-order valence-electron chi connectivity index (χ3n) is 6.82. The molecule has 1 aliphatic rings. The van der Waals surface area contributed by atoms with Gasteiger partial charge in [-0.2, -0.15) is 13.2 Å². The molecule has 0 radical (unpaired) electrons. The Kier molecular flexibility index (Phi) is 11.3. The Morgan fingerprint density at radius 3 is 2.34 bits per heavy atom. The molecule has 0 aliphatic carbocycles. The number of aliphatic carboxylic acids is 1. The van der Waals surface area contributed by atoms with Crippen LogP contribution in [0.15, 0.2) is 36.4 Å². The lowest BCUT2D eigenvalue weighted by Crippen LogP contribution is -2.45. The van der Waals surface area contributed by atoms with Crippen molar-refractivity contribution in [2.24, 2.45) is 5.73 Å². The first-order valence-corrected chi connectivity index (χ1v) is 14.4.